The van der Waals surface area contributed by atoms with E-state index in [9.17, 15) is 4.79 Å². The van der Waals surface area contributed by atoms with E-state index in [-0.39, 0.29) is 5.56 Å². The second-order valence-electron chi connectivity index (χ2n) is 6.85. The van der Waals surface area contributed by atoms with Crippen LogP contribution < -0.4 is 11.3 Å². The van der Waals surface area contributed by atoms with E-state index in [1.165, 1.54) is 0 Å². The molecule has 3 aromatic heterocycles. The van der Waals surface area contributed by atoms with Crippen LogP contribution in [0.15, 0.2) is 9.32 Å². The van der Waals surface area contributed by atoms with Crippen molar-refractivity contribution in [3.63, 3.8) is 0 Å². The van der Waals surface area contributed by atoms with Crippen LogP contribution in [0.1, 0.15) is 53.7 Å². The maximum atomic E-state index is 12.3. The molecule has 0 aliphatic heterocycles. The number of nitrogens with zero attached hydrogens (tertiary/aromatic N) is 3. The number of hydrogen-bond acceptors (Lipinski definition) is 7. The van der Waals surface area contributed by atoms with E-state index in [1.54, 1.807) is 11.3 Å². The van der Waals surface area contributed by atoms with Gasteiger partial charge in [0.1, 0.15) is 10.7 Å². The number of H-pyrrole nitrogens is 1. The van der Waals surface area contributed by atoms with Crippen LogP contribution in [-0.4, -0.2) is 20.1 Å². The van der Waals surface area contributed by atoms with Crippen molar-refractivity contribution in [2.24, 2.45) is 5.73 Å². The third kappa shape index (κ3) is 2.89. The molecule has 0 aromatic carbocycles. The molecule has 1 fully saturated rings. The summed E-state index contributed by atoms with van der Waals surface area (Å²) in [5, 5.41) is 4.76. The largest absolute Gasteiger partial charge is 0.339 e. The minimum atomic E-state index is -0.445. The maximum Gasteiger partial charge on any atom is 0.259 e. The van der Waals surface area contributed by atoms with Crippen LogP contribution in [-0.2, 0) is 18.4 Å². The molecule has 0 saturated heterocycles. The summed E-state index contributed by atoms with van der Waals surface area (Å²) in [7, 11) is 0. The molecule has 0 radical (unpaired) electrons. The first-order valence-electron chi connectivity index (χ1n) is 8.57. The van der Waals surface area contributed by atoms with Crippen LogP contribution in [0.25, 0.3) is 10.2 Å². The van der Waals surface area contributed by atoms with E-state index < -0.39 is 5.54 Å². The number of aryl methyl sites for hydroxylation is 4. The van der Waals surface area contributed by atoms with Gasteiger partial charge in [-0.2, -0.15) is 4.98 Å². The average Bonchev–Trinajstić information content (AvgIpc) is 3.27. The standard InChI is InChI=1S/C17H21N5O2S/c1-9-10(2)25-15-13(9)14(23)19-11(20-15)5-6-12-21-16(22-24-12)17(18)7-3-4-8-17/h3-8,18H2,1-2H3,(H,19,20,23). The molecule has 132 valence electrons. The van der Waals surface area contributed by atoms with Crippen molar-refractivity contribution in [2.75, 3.05) is 0 Å². The summed E-state index contributed by atoms with van der Waals surface area (Å²) in [6.07, 6.45) is 5.07. The fourth-order valence-electron chi connectivity index (χ4n) is 3.43. The Morgan fingerprint density at radius 1 is 1.24 bits per heavy atom. The highest BCUT2D eigenvalue weighted by atomic mass is 32.1. The molecule has 0 atom stereocenters. The van der Waals surface area contributed by atoms with Gasteiger partial charge in [0, 0.05) is 17.7 Å². The summed E-state index contributed by atoms with van der Waals surface area (Å²) in [5.41, 5.74) is 6.83. The summed E-state index contributed by atoms with van der Waals surface area (Å²) < 4.78 is 5.35. The zero-order valence-electron chi connectivity index (χ0n) is 14.4. The lowest BCUT2D eigenvalue weighted by atomic mass is 9.99. The van der Waals surface area contributed by atoms with E-state index in [0.717, 1.165) is 41.0 Å². The first-order chi connectivity index (χ1) is 12.0. The SMILES string of the molecule is Cc1sc2nc(CCc3nc(C4(N)CCCC4)no3)[nH]c(=O)c2c1C. The van der Waals surface area contributed by atoms with Gasteiger partial charge in [-0.25, -0.2) is 4.98 Å². The Hall–Kier alpha value is -2.06. The van der Waals surface area contributed by atoms with E-state index in [2.05, 4.69) is 20.1 Å². The van der Waals surface area contributed by atoms with Crippen molar-refractivity contribution in [1.82, 2.24) is 20.1 Å². The van der Waals surface area contributed by atoms with Crippen molar-refractivity contribution in [3.05, 3.63) is 38.3 Å². The minimum Gasteiger partial charge on any atom is -0.339 e. The highest BCUT2D eigenvalue weighted by Gasteiger charge is 2.35. The van der Waals surface area contributed by atoms with Crippen LogP contribution in [0.2, 0.25) is 0 Å². The van der Waals surface area contributed by atoms with Crippen molar-refractivity contribution in [1.29, 1.82) is 0 Å². The Morgan fingerprint density at radius 3 is 2.76 bits per heavy atom. The normalized spacial score (nSPS) is 16.8. The predicted octanol–water partition coefficient (Wildman–Crippen LogP) is 2.50. The Bertz CT molecular complexity index is 981. The predicted molar refractivity (Wildman–Crippen MR) is 95.8 cm³/mol. The monoisotopic (exact) mass is 359 g/mol. The summed E-state index contributed by atoms with van der Waals surface area (Å²) in [5.74, 6) is 1.77. The van der Waals surface area contributed by atoms with Crippen LogP contribution >= 0.6 is 11.3 Å². The molecule has 0 amide bonds. The van der Waals surface area contributed by atoms with Crippen molar-refractivity contribution < 1.29 is 4.52 Å². The first kappa shape index (κ1) is 16.4. The number of rotatable bonds is 4. The molecule has 1 aliphatic rings. The number of aromatic amines is 1. The average molecular weight is 359 g/mol. The highest BCUT2D eigenvalue weighted by molar-refractivity contribution is 7.18. The van der Waals surface area contributed by atoms with Gasteiger partial charge in [0.15, 0.2) is 5.82 Å². The zero-order valence-corrected chi connectivity index (χ0v) is 15.2. The van der Waals surface area contributed by atoms with Gasteiger partial charge < -0.3 is 15.2 Å². The topological polar surface area (TPSA) is 111 Å². The lowest BCUT2D eigenvalue weighted by Gasteiger charge is -2.17. The van der Waals surface area contributed by atoms with Gasteiger partial charge in [0.05, 0.1) is 10.9 Å². The number of thiophene rings is 1. The minimum absolute atomic E-state index is 0.0834. The van der Waals surface area contributed by atoms with Gasteiger partial charge in [-0.15, -0.1) is 11.3 Å². The van der Waals surface area contributed by atoms with Gasteiger partial charge >= 0.3 is 0 Å². The number of nitrogens with two attached hydrogens (primary N) is 1. The number of nitrogens with one attached hydrogen (secondary N) is 1. The van der Waals surface area contributed by atoms with Gasteiger partial charge in [0.2, 0.25) is 5.89 Å². The fourth-order valence-corrected chi connectivity index (χ4v) is 4.48. The number of hydrogen-bond donors (Lipinski definition) is 2. The third-order valence-corrected chi connectivity index (χ3v) is 6.17. The number of fused-ring (bicyclic) bond motifs is 1. The van der Waals surface area contributed by atoms with E-state index in [4.69, 9.17) is 10.3 Å². The second kappa shape index (κ2) is 6.03. The second-order valence-corrected chi connectivity index (χ2v) is 8.05. The Morgan fingerprint density at radius 2 is 2.00 bits per heavy atom. The lowest BCUT2D eigenvalue weighted by Crippen LogP contribution is -2.34. The smallest absolute Gasteiger partial charge is 0.259 e. The van der Waals surface area contributed by atoms with Gasteiger partial charge in [-0.3, -0.25) is 4.79 Å². The van der Waals surface area contributed by atoms with Gasteiger partial charge in [-0.05, 0) is 32.3 Å². The van der Waals surface area contributed by atoms with Crippen LogP contribution in [0.5, 0.6) is 0 Å². The summed E-state index contributed by atoms with van der Waals surface area (Å²) in [6.45, 7) is 3.96. The van der Waals surface area contributed by atoms with Crippen LogP contribution in [0.3, 0.4) is 0 Å². The van der Waals surface area contributed by atoms with Crippen molar-refractivity contribution in [3.8, 4) is 0 Å². The van der Waals surface area contributed by atoms with Crippen LogP contribution in [0.4, 0.5) is 0 Å². The molecule has 1 saturated carbocycles. The Kier molecular flexibility index (Phi) is 3.96. The van der Waals surface area contributed by atoms with Crippen LogP contribution in [0, 0.1) is 13.8 Å². The maximum absolute atomic E-state index is 12.3. The molecular formula is C17H21N5O2S. The molecule has 1 aliphatic carbocycles. The Balaban J connectivity index is 1.53. The van der Waals surface area contributed by atoms with E-state index >= 15 is 0 Å². The van der Waals surface area contributed by atoms with Crippen molar-refractivity contribution >= 4 is 21.6 Å². The van der Waals surface area contributed by atoms with Gasteiger partial charge in [-0.1, -0.05) is 18.0 Å². The summed E-state index contributed by atoms with van der Waals surface area (Å²) in [4.78, 5) is 26.1. The van der Waals surface area contributed by atoms with E-state index in [0.29, 0.717) is 35.8 Å². The molecule has 8 heteroatoms. The van der Waals surface area contributed by atoms with E-state index in [1.807, 2.05) is 13.8 Å². The Labute approximate surface area is 148 Å². The summed E-state index contributed by atoms with van der Waals surface area (Å²) in [6, 6.07) is 0. The van der Waals surface area contributed by atoms with Gasteiger partial charge in [0.25, 0.3) is 5.56 Å². The summed E-state index contributed by atoms with van der Waals surface area (Å²) >= 11 is 1.55. The molecule has 25 heavy (non-hydrogen) atoms. The zero-order chi connectivity index (χ0) is 17.6. The number of aromatic nitrogens is 4. The molecule has 3 N–H and O–H groups in total. The molecule has 0 bridgehead atoms. The molecule has 3 aromatic rings. The molecule has 4 rings (SSSR count). The first-order valence-corrected chi connectivity index (χ1v) is 9.39. The molecule has 0 spiro atoms. The highest BCUT2D eigenvalue weighted by Crippen LogP contribution is 2.34. The molecule has 3 heterocycles. The molecular weight excluding hydrogens is 338 g/mol. The fraction of sp³-hybridized carbons (Fsp3) is 0.529. The van der Waals surface area contributed by atoms with Crippen molar-refractivity contribution in [2.45, 2.75) is 57.9 Å². The lowest BCUT2D eigenvalue weighted by molar-refractivity contribution is 0.348. The molecule has 7 nitrogen and oxygen atoms in total. The quantitative estimate of drug-likeness (QED) is 0.740. The molecule has 0 unspecified atom stereocenters. The third-order valence-electron chi connectivity index (χ3n) is 5.07.